The summed E-state index contributed by atoms with van der Waals surface area (Å²) in [5.41, 5.74) is -1.26. The van der Waals surface area contributed by atoms with Crippen LogP contribution in [0.15, 0.2) is 11.6 Å². The monoisotopic (exact) mass is 408 g/mol. The quantitative estimate of drug-likeness (QED) is 0.509. The van der Waals surface area contributed by atoms with E-state index < -0.39 is 36.2 Å². The lowest BCUT2D eigenvalue weighted by Gasteiger charge is -2.58. The minimum absolute atomic E-state index is 0.0983. The smallest absolute Gasteiger partial charge is 0.0604 e. The van der Waals surface area contributed by atoms with E-state index in [1.807, 2.05) is 19.9 Å². The molecular formula is C27H46O2. The van der Waals surface area contributed by atoms with Crippen LogP contribution in [-0.4, -0.2) is 21.9 Å². The van der Waals surface area contributed by atoms with Crippen LogP contribution in [0.1, 0.15) is 113 Å². The van der Waals surface area contributed by atoms with E-state index in [-0.39, 0.29) is 17.3 Å². The van der Waals surface area contributed by atoms with Crippen LogP contribution in [0.25, 0.3) is 0 Å². The largest absolute Gasteiger partial charge is 0.393 e. The summed E-state index contributed by atoms with van der Waals surface area (Å²) in [6.07, 6.45) is -0.0941. The first-order valence-corrected chi connectivity index (χ1v) is 11.9. The fraction of sp³-hybridized carbons (Fsp3) is 0.926. The van der Waals surface area contributed by atoms with Gasteiger partial charge in [-0.2, -0.15) is 0 Å². The lowest BCUT2D eigenvalue weighted by atomic mass is 9.47. The lowest BCUT2D eigenvalue weighted by molar-refractivity contribution is -0.0575. The molecule has 0 radical (unpaired) electrons. The Kier molecular flexibility index (Phi) is 4.08. The molecule has 0 amide bonds. The van der Waals surface area contributed by atoms with Crippen molar-refractivity contribution in [1.82, 2.24) is 0 Å². The van der Waals surface area contributed by atoms with Crippen LogP contribution in [0.3, 0.4) is 0 Å². The Morgan fingerprint density at radius 1 is 1.28 bits per heavy atom. The first kappa shape index (κ1) is 15.5. The highest BCUT2D eigenvalue weighted by molar-refractivity contribution is 5.25. The van der Waals surface area contributed by atoms with Crippen LogP contribution in [0, 0.1) is 40.4 Å². The molecule has 0 spiro atoms. The van der Waals surface area contributed by atoms with Crippen molar-refractivity contribution in [2.24, 2.45) is 40.4 Å². The van der Waals surface area contributed by atoms with Crippen LogP contribution in [0.2, 0.25) is 0 Å². The topological polar surface area (TPSA) is 40.5 Å². The minimum atomic E-state index is -2.85. The van der Waals surface area contributed by atoms with Crippen molar-refractivity contribution >= 4 is 0 Å². The molecule has 166 valence electrons. The number of hydrogen-bond acceptors (Lipinski definition) is 2. The van der Waals surface area contributed by atoms with Gasteiger partial charge in [-0.3, -0.25) is 0 Å². The zero-order valence-corrected chi connectivity index (χ0v) is 19.1. The van der Waals surface area contributed by atoms with Gasteiger partial charge in [-0.25, -0.2) is 0 Å². The van der Waals surface area contributed by atoms with Crippen LogP contribution >= 0.6 is 0 Å². The third-order valence-electron chi connectivity index (χ3n) is 9.34. The molecule has 0 bridgehead atoms. The highest BCUT2D eigenvalue weighted by Gasteiger charge is 2.59. The Balaban J connectivity index is 1.62. The molecule has 0 aromatic carbocycles. The van der Waals surface area contributed by atoms with E-state index in [0.717, 1.165) is 51.4 Å². The Morgan fingerprint density at radius 3 is 2.76 bits per heavy atom. The molecule has 0 aliphatic heterocycles. The fourth-order valence-electron chi connectivity index (χ4n) is 7.81. The van der Waals surface area contributed by atoms with Gasteiger partial charge in [0.15, 0.2) is 0 Å². The molecule has 3 saturated carbocycles. The van der Waals surface area contributed by atoms with Gasteiger partial charge >= 0.3 is 0 Å². The van der Waals surface area contributed by atoms with Crippen molar-refractivity contribution in [3.63, 3.8) is 0 Å². The molecule has 0 aromatic heterocycles. The predicted octanol–water partition coefficient (Wildman–Crippen LogP) is 6.50. The van der Waals surface area contributed by atoms with Crippen LogP contribution < -0.4 is 0 Å². The second-order valence-electron chi connectivity index (χ2n) is 11.7. The summed E-state index contributed by atoms with van der Waals surface area (Å²) in [7, 11) is 0. The summed E-state index contributed by atoms with van der Waals surface area (Å²) in [5.74, 6) is 1.70. The molecule has 2 N–H and O–H groups in total. The van der Waals surface area contributed by atoms with E-state index in [1.54, 1.807) is 6.92 Å². The van der Waals surface area contributed by atoms with E-state index in [1.165, 1.54) is 0 Å². The van der Waals surface area contributed by atoms with Crippen molar-refractivity contribution < 1.29 is 18.4 Å². The number of rotatable bonds is 5. The van der Waals surface area contributed by atoms with E-state index in [0.29, 0.717) is 23.3 Å². The summed E-state index contributed by atoms with van der Waals surface area (Å²) in [5, 5.41) is 20.8. The summed E-state index contributed by atoms with van der Waals surface area (Å²) >= 11 is 0. The Morgan fingerprint density at radius 2 is 2.03 bits per heavy atom. The van der Waals surface area contributed by atoms with Gasteiger partial charge in [0.25, 0.3) is 0 Å². The first-order chi connectivity index (χ1) is 15.8. The van der Waals surface area contributed by atoms with Gasteiger partial charge in [0.1, 0.15) is 0 Å². The zero-order chi connectivity index (χ0) is 26.4. The molecule has 2 nitrogen and oxygen atoms in total. The first-order valence-electron chi connectivity index (χ1n) is 15.0. The maximum atomic E-state index is 10.7. The van der Waals surface area contributed by atoms with E-state index in [2.05, 4.69) is 13.8 Å². The van der Waals surface area contributed by atoms with Gasteiger partial charge in [0.2, 0.25) is 0 Å². The van der Waals surface area contributed by atoms with Gasteiger partial charge in [-0.1, -0.05) is 45.3 Å². The molecule has 0 saturated heterocycles. The molecule has 9 atom stereocenters. The average molecular weight is 409 g/mol. The standard InChI is InChI=1S/C27H46O2/c1-18(7-6-14-25(2,3)29)22-10-11-23-21-9-8-19-17-20(28)12-15-26(19,4)24(21)13-16-27(22,23)5/h8,18,20-24,28-29H,6-7,9-17H2,1-5H3/t18-,20?,21+,22-,23+,24+,26+,27-/m1/s1/i12D2,15D2,17D,20D/t17?,18-,20?,21+,22-,23+,24+,26+,27-. The van der Waals surface area contributed by atoms with E-state index >= 15 is 0 Å². The summed E-state index contributed by atoms with van der Waals surface area (Å²) in [4.78, 5) is 0. The summed E-state index contributed by atoms with van der Waals surface area (Å²) < 4.78 is 51.8. The molecule has 3 fully saturated rings. The van der Waals surface area contributed by atoms with Crippen molar-refractivity contribution in [2.45, 2.75) is 117 Å². The summed E-state index contributed by atoms with van der Waals surface area (Å²) in [6, 6.07) is 0. The third kappa shape index (κ3) is 3.86. The molecule has 4 aliphatic carbocycles. The van der Waals surface area contributed by atoms with Crippen molar-refractivity contribution in [1.29, 1.82) is 0 Å². The highest BCUT2D eigenvalue weighted by Crippen LogP contribution is 2.67. The van der Waals surface area contributed by atoms with Gasteiger partial charge in [-0.15, -0.1) is 0 Å². The Bertz CT molecular complexity index is 864. The van der Waals surface area contributed by atoms with Crippen molar-refractivity contribution in [3.05, 3.63) is 11.6 Å². The van der Waals surface area contributed by atoms with Crippen LogP contribution in [-0.2, 0) is 0 Å². The maximum absolute atomic E-state index is 10.7. The van der Waals surface area contributed by atoms with Crippen LogP contribution in [0.4, 0.5) is 0 Å². The average Bonchev–Trinajstić information content (AvgIpc) is 3.08. The van der Waals surface area contributed by atoms with Gasteiger partial charge in [-0.05, 0) is 112 Å². The molecular weight excluding hydrogens is 356 g/mol. The predicted molar refractivity (Wildman–Crippen MR) is 121 cm³/mol. The second-order valence-corrected chi connectivity index (χ2v) is 11.7. The molecule has 29 heavy (non-hydrogen) atoms. The van der Waals surface area contributed by atoms with Crippen molar-refractivity contribution in [2.75, 3.05) is 0 Å². The Hall–Kier alpha value is -0.340. The Labute approximate surface area is 188 Å². The van der Waals surface area contributed by atoms with Gasteiger partial charge < -0.3 is 10.2 Å². The fourth-order valence-corrected chi connectivity index (χ4v) is 7.81. The highest BCUT2D eigenvalue weighted by atomic mass is 16.3. The lowest BCUT2D eigenvalue weighted by Crippen LogP contribution is -2.50. The summed E-state index contributed by atoms with van der Waals surface area (Å²) in [6.45, 7) is 10.3. The minimum Gasteiger partial charge on any atom is -0.393 e. The number of fused-ring (bicyclic) bond motifs is 5. The third-order valence-corrected chi connectivity index (χ3v) is 9.34. The maximum Gasteiger partial charge on any atom is 0.0604 e. The van der Waals surface area contributed by atoms with E-state index in [4.69, 9.17) is 8.22 Å². The van der Waals surface area contributed by atoms with Crippen molar-refractivity contribution in [3.8, 4) is 0 Å². The molecule has 0 aromatic rings. The van der Waals surface area contributed by atoms with Gasteiger partial charge in [0, 0.05) is 6.85 Å². The van der Waals surface area contributed by atoms with Gasteiger partial charge in [0.05, 0.1) is 13.1 Å². The molecule has 4 rings (SSSR count). The normalized spacial score (nSPS) is 57.3. The number of allylic oxidation sites excluding steroid dienone is 1. The number of hydrogen-bond donors (Lipinski definition) is 2. The molecule has 0 heterocycles. The van der Waals surface area contributed by atoms with E-state index in [9.17, 15) is 10.2 Å². The van der Waals surface area contributed by atoms with Crippen LogP contribution in [0.5, 0.6) is 0 Å². The molecule has 2 heteroatoms. The molecule has 2 unspecified atom stereocenters. The zero-order valence-electron chi connectivity index (χ0n) is 25.1. The second kappa shape index (κ2) is 7.66. The molecule has 4 aliphatic rings. The number of aliphatic hydroxyl groups is 2. The SMILES string of the molecule is [2H]C1C2=CC[C@H]3[C@@H]4CC[C@H]([C@H](C)CCCC(C)(C)O)[C@@]4(C)CC[C@@H]3[C@@]2(C)C([2H])([2H])C([2H])([2H])C1([2H])O.